The number of phenolic OH excluding ortho intramolecular Hbond substituents is 1. The van der Waals surface area contributed by atoms with E-state index in [1.165, 1.54) is 6.20 Å². The number of phenols is 1. The van der Waals surface area contributed by atoms with Crippen LogP contribution in [-0.2, 0) is 0 Å². The lowest BCUT2D eigenvalue weighted by Crippen LogP contribution is -2.11. The zero-order valence-corrected chi connectivity index (χ0v) is 12.5. The largest absolute Gasteiger partial charge is 0.506 e. The third-order valence-electron chi connectivity index (χ3n) is 3.77. The van der Waals surface area contributed by atoms with E-state index in [-0.39, 0.29) is 17.2 Å². The van der Waals surface area contributed by atoms with Gasteiger partial charge >= 0.3 is 5.97 Å². The molecule has 0 aliphatic rings. The maximum atomic E-state index is 11.4. The summed E-state index contributed by atoms with van der Waals surface area (Å²) in [6.07, 6.45) is 2.99. The van der Waals surface area contributed by atoms with Gasteiger partial charge in [-0.05, 0) is 37.5 Å². The minimum absolute atomic E-state index is 0.0820. The van der Waals surface area contributed by atoms with E-state index in [4.69, 9.17) is 0 Å². The summed E-state index contributed by atoms with van der Waals surface area (Å²) in [7, 11) is 0. The van der Waals surface area contributed by atoms with Crippen molar-refractivity contribution in [2.75, 3.05) is 0 Å². The van der Waals surface area contributed by atoms with Crippen LogP contribution in [0.25, 0.3) is 5.69 Å². The fraction of sp³-hybridized carbons (Fsp3) is 0.375. The molecule has 5 heteroatoms. The molecule has 0 aliphatic carbocycles. The summed E-state index contributed by atoms with van der Waals surface area (Å²) >= 11 is 0. The fourth-order valence-electron chi connectivity index (χ4n) is 2.59. The Bertz CT molecular complexity index is 658. The minimum atomic E-state index is -0.990. The van der Waals surface area contributed by atoms with Crippen molar-refractivity contribution in [3.8, 4) is 11.4 Å². The Morgan fingerprint density at radius 3 is 2.57 bits per heavy atom. The van der Waals surface area contributed by atoms with Crippen LogP contribution in [0.5, 0.6) is 5.75 Å². The molecule has 0 amide bonds. The molecule has 0 fully saturated rings. The van der Waals surface area contributed by atoms with Crippen LogP contribution in [0.1, 0.15) is 54.2 Å². The highest BCUT2D eigenvalue weighted by Gasteiger charge is 2.24. The number of aromatic nitrogens is 2. The molecule has 2 rings (SSSR count). The zero-order chi connectivity index (χ0) is 15.6. The van der Waals surface area contributed by atoms with Gasteiger partial charge in [0.05, 0.1) is 11.9 Å². The summed E-state index contributed by atoms with van der Waals surface area (Å²) in [4.78, 5) is 11.4. The molecule has 2 aromatic rings. The Hall–Kier alpha value is -2.30. The number of carboxylic acid groups (broad SMARTS) is 1. The molecule has 0 saturated carbocycles. The molecular weight excluding hydrogens is 268 g/mol. The van der Waals surface area contributed by atoms with Crippen LogP contribution in [0.3, 0.4) is 0 Å². The number of aromatic hydroxyl groups is 1. The molecular formula is C16H20N2O3. The summed E-state index contributed by atoms with van der Waals surface area (Å²) < 4.78 is 1.56. The predicted molar refractivity (Wildman–Crippen MR) is 80.2 cm³/mol. The lowest BCUT2D eigenvalue weighted by Gasteiger charge is -2.17. The smallest absolute Gasteiger partial charge is 0.339 e. The van der Waals surface area contributed by atoms with Crippen molar-refractivity contribution < 1.29 is 15.0 Å². The van der Waals surface area contributed by atoms with Gasteiger partial charge in [-0.15, -0.1) is 0 Å². The SMILES string of the molecule is CCC(CC)c1c(C(=O)O)cnn1-c1cc(C)ccc1O. The van der Waals surface area contributed by atoms with Gasteiger partial charge in [-0.2, -0.15) is 5.10 Å². The average Bonchev–Trinajstić information content (AvgIpc) is 2.88. The second-order valence-corrected chi connectivity index (χ2v) is 5.17. The summed E-state index contributed by atoms with van der Waals surface area (Å²) in [5.41, 5.74) is 2.34. The van der Waals surface area contributed by atoms with Crippen LogP contribution in [0.15, 0.2) is 24.4 Å². The number of benzene rings is 1. The first-order valence-corrected chi connectivity index (χ1v) is 7.10. The number of carboxylic acids is 1. The van der Waals surface area contributed by atoms with E-state index < -0.39 is 5.97 Å². The van der Waals surface area contributed by atoms with Crippen LogP contribution in [-0.4, -0.2) is 26.0 Å². The second-order valence-electron chi connectivity index (χ2n) is 5.17. The lowest BCUT2D eigenvalue weighted by atomic mass is 9.96. The van der Waals surface area contributed by atoms with Gasteiger partial charge in [0, 0.05) is 5.92 Å². The maximum Gasteiger partial charge on any atom is 0.339 e. The lowest BCUT2D eigenvalue weighted by molar-refractivity contribution is 0.0695. The molecule has 0 radical (unpaired) electrons. The van der Waals surface area contributed by atoms with Gasteiger partial charge < -0.3 is 10.2 Å². The molecule has 1 aromatic heterocycles. The summed E-state index contributed by atoms with van der Waals surface area (Å²) in [6.45, 7) is 5.96. The molecule has 1 heterocycles. The molecule has 0 saturated heterocycles. The molecule has 0 atom stereocenters. The van der Waals surface area contributed by atoms with Crippen LogP contribution < -0.4 is 0 Å². The molecule has 0 unspecified atom stereocenters. The molecule has 112 valence electrons. The van der Waals surface area contributed by atoms with Gasteiger partial charge in [-0.1, -0.05) is 19.9 Å². The Morgan fingerprint density at radius 2 is 2.00 bits per heavy atom. The predicted octanol–water partition coefficient (Wildman–Crippen LogP) is 3.49. The summed E-state index contributed by atoms with van der Waals surface area (Å²) in [5.74, 6) is -0.818. The van der Waals surface area contributed by atoms with E-state index >= 15 is 0 Å². The Kier molecular flexibility index (Phi) is 4.31. The van der Waals surface area contributed by atoms with Crippen molar-refractivity contribution in [3.05, 3.63) is 41.2 Å². The van der Waals surface area contributed by atoms with Gasteiger partial charge in [-0.3, -0.25) is 0 Å². The van der Waals surface area contributed by atoms with E-state index in [0.717, 1.165) is 18.4 Å². The molecule has 5 nitrogen and oxygen atoms in total. The highest BCUT2D eigenvalue weighted by atomic mass is 16.4. The van der Waals surface area contributed by atoms with Gasteiger partial charge in [0.15, 0.2) is 0 Å². The van der Waals surface area contributed by atoms with Crippen molar-refractivity contribution in [2.45, 2.75) is 39.5 Å². The average molecular weight is 288 g/mol. The van der Waals surface area contributed by atoms with E-state index in [1.807, 2.05) is 20.8 Å². The molecule has 1 aromatic carbocycles. The number of carbonyl (C=O) groups is 1. The van der Waals surface area contributed by atoms with E-state index in [9.17, 15) is 15.0 Å². The van der Waals surface area contributed by atoms with Gasteiger partial charge in [0.1, 0.15) is 17.0 Å². The van der Waals surface area contributed by atoms with Gasteiger partial charge in [0.2, 0.25) is 0 Å². The highest BCUT2D eigenvalue weighted by molar-refractivity contribution is 5.89. The van der Waals surface area contributed by atoms with Crippen molar-refractivity contribution in [2.24, 2.45) is 0 Å². The second kappa shape index (κ2) is 5.99. The zero-order valence-electron chi connectivity index (χ0n) is 12.5. The standard InChI is InChI=1S/C16H20N2O3/c1-4-11(5-2)15-12(16(20)21)9-17-18(15)13-8-10(3)6-7-14(13)19/h6-9,11,19H,4-5H2,1-3H3,(H,20,21). The maximum absolute atomic E-state index is 11.4. The number of aryl methyl sites for hydroxylation is 1. The first kappa shape index (κ1) is 15.1. The number of aromatic carboxylic acids is 1. The number of hydrogen-bond donors (Lipinski definition) is 2. The number of rotatable bonds is 5. The van der Waals surface area contributed by atoms with Crippen LogP contribution in [0.4, 0.5) is 0 Å². The number of hydrogen-bond acceptors (Lipinski definition) is 3. The quantitative estimate of drug-likeness (QED) is 0.883. The van der Waals surface area contributed by atoms with Crippen LogP contribution >= 0.6 is 0 Å². The van der Waals surface area contributed by atoms with Crippen molar-refractivity contribution >= 4 is 5.97 Å². The highest BCUT2D eigenvalue weighted by Crippen LogP contribution is 2.31. The number of nitrogens with zero attached hydrogens (tertiary/aromatic N) is 2. The van der Waals surface area contributed by atoms with E-state index in [0.29, 0.717) is 11.4 Å². The summed E-state index contributed by atoms with van der Waals surface area (Å²) in [6, 6.07) is 5.21. The van der Waals surface area contributed by atoms with Crippen molar-refractivity contribution in [1.82, 2.24) is 9.78 Å². The molecule has 0 aliphatic heterocycles. The van der Waals surface area contributed by atoms with Crippen molar-refractivity contribution in [3.63, 3.8) is 0 Å². The van der Waals surface area contributed by atoms with E-state index in [2.05, 4.69) is 5.10 Å². The van der Waals surface area contributed by atoms with E-state index in [1.54, 1.807) is 22.9 Å². The van der Waals surface area contributed by atoms with Crippen molar-refractivity contribution in [1.29, 1.82) is 0 Å². The Balaban J connectivity index is 2.69. The molecule has 21 heavy (non-hydrogen) atoms. The Labute approximate surface area is 123 Å². The van der Waals surface area contributed by atoms with Gasteiger partial charge in [0.25, 0.3) is 0 Å². The third kappa shape index (κ3) is 2.77. The topological polar surface area (TPSA) is 75.3 Å². The van der Waals surface area contributed by atoms with Crippen LogP contribution in [0.2, 0.25) is 0 Å². The summed E-state index contributed by atoms with van der Waals surface area (Å²) in [5, 5.41) is 23.7. The first-order valence-electron chi connectivity index (χ1n) is 7.10. The molecule has 2 N–H and O–H groups in total. The van der Waals surface area contributed by atoms with Crippen LogP contribution in [0, 0.1) is 6.92 Å². The molecule has 0 spiro atoms. The monoisotopic (exact) mass is 288 g/mol. The van der Waals surface area contributed by atoms with Gasteiger partial charge in [-0.25, -0.2) is 9.48 Å². The molecule has 0 bridgehead atoms. The normalized spacial score (nSPS) is 11.0. The first-order chi connectivity index (χ1) is 9.99. The third-order valence-corrected chi connectivity index (χ3v) is 3.77. The Morgan fingerprint density at radius 1 is 1.33 bits per heavy atom. The minimum Gasteiger partial charge on any atom is -0.506 e. The fourth-order valence-corrected chi connectivity index (χ4v) is 2.59.